The molecule has 3 nitrogen and oxygen atoms in total. The number of benzene rings is 2. The predicted octanol–water partition coefficient (Wildman–Crippen LogP) is 5.46. The van der Waals surface area contributed by atoms with E-state index >= 15 is 0 Å². The molecule has 0 unspecified atom stereocenters. The van der Waals surface area contributed by atoms with E-state index in [4.69, 9.17) is 23.2 Å². The average molecular weight is 417 g/mol. The summed E-state index contributed by atoms with van der Waals surface area (Å²) >= 11 is 12.2. The zero-order chi connectivity index (χ0) is 19.5. The van der Waals surface area contributed by atoms with Crippen LogP contribution in [0.3, 0.4) is 0 Å². The molecule has 28 heavy (non-hydrogen) atoms. The van der Waals surface area contributed by atoms with Gasteiger partial charge in [0.15, 0.2) is 0 Å². The van der Waals surface area contributed by atoms with E-state index < -0.39 is 0 Å². The minimum absolute atomic E-state index is 0.132. The molecular weight excluding hydrogens is 391 g/mol. The van der Waals surface area contributed by atoms with E-state index in [0.29, 0.717) is 6.04 Å². The maximum atomic E-state index is 12.5. The average Bonchev–Trinajstić information content (AvgIpc) is 2.68. The van der Waals surface area contributed by atoms with Gasteiger partial charge in [-0.25, -0.2) is 0 Å². The fourth-order valence-electron chi connectivity index (χ4n) is 4.20. The topological polar surface area (TPSA) is 32.3 Å². The van der Waals surface area contributed by atoms with Gasteiger partial charge in [0, 0.05) is 22.0 Å². The van der Waals surface area contributed by atoms with Gasteiger partial charge >= 0.3 is 0 Å². The Kier molecular flexibility index (Phi) is 6.25. The number of hydrogen-bond donors (Lipinski definition) is 1. The molecule has 1 saturated heterocycles. The number of halogens is 2. The lowest BCUT2D eigenvalue weighted by Crippen LogP contribution is -2.46. The first kappa shape index (κ1) is 19.8. The second kappa shape index (κ2) is 8.86. The molecule has 2 aliphatic rings. The van der Waals surface area contributed by atoms with Crippen molar-refractivity contribution in [3.63, 3.8) is 0 Å². The molecule has 0 aromatic heterocycles. The molecule has 0 bridgehead atoms. The van der Waals surface area contributed by atoms with E-state index in [2.05, 4.69) is 34.5 Å². The van der Waals surface area contributed by atoms with Crippen LogP contribution in [0.15, 0.2) is 48.5 Å². The monoisotopic (exact) mass is 416 g/mol. The van der Waals surface area contributed by atoms with Gasteiger partial charge in [-0.3, -0.25) is 9.69 Å². The molecule has 2 fully saturated rings. The van der Waals surface area contributed by atoms with Crippen molar-refractivity contribution in [2.24, 2.45) is 5.92 Å². The summed E-state index contributed by atoms with van der Waals surface area (Å²) in [6.45, 7) is 1.80. The maximum Gasteiger partial charge on any atom is 0.223 e. The molecule has 0 spiro atoms. The molecule has 0 radical (unpaired) electrons. The van der Waals surface area contributed by atoms with Crippen molar-refractivity contribution in [3.8, 4) is 0 Å². The fourth-order valence-corrected chi connectivity index (χ4v) is 4.45. The molecule has 1 heterocycles. The lowest BCUT2D eigenvalue weighted by Gasteiger charge is -2.38. The standard InChI is InChI=1S/C23H26Cl2N2O/c24-19-8-4-16(5-9-19)22(17-6-10-20(25)11-7-17)27-14-12-18(13-15-27)23(28)26-21-2-1-3-21/h4-11,18,21-22H,1-3,12-15H2,(H,26,28). The maximum absolute atomic E-state index is 12.5. The summed E-state index contributed by atoms with van der Waals surface area (Å²) in [4.78, 5) is 15.0. The minimum Gasteiger partial charge on any atom is -0.353 e. The number of hydrogen-bond acceptors (Lipinski definition) is 2. The van der Waals surface area contributed by atoms with Crippen LogP contribution in [0, 0.1) is 5.92 Å². The van der Waals surface area contributed by atoms with Crippen LogP contribution < -0.4 is 5.32 Å². The Bertz CT molecular complexity index is 749. The summed E-state index contributed by atoms with van der Waals surface area (Å²) in [5, 5.41) is 4.70. The zero-order valence-electron chi connectivity index (χ0n) is 15.9. The third kappa shape index (κ3) is 4.53. The van der Waals surface area contributed by atoms with E-state index in [1.807, 2.05) is 24.3 Å². The van der Waals surface area contributed by atoms with Crippen LogP contribution in [0.4, 0.5) is 0 Å². The largest absolute Gasteiger partial charge is 0.353 e. The third-order valence-corrected chi connectivity index (χ3v) is 6.59. The molecule has 1 amide bonds. The smallest absolute Gasteiger partial charge is 0.223 e. The summed E-state index contributed by atoms with van der Waals surface area (Å²) in [7, 11) is 0. The van der Waals surface area contributed by atoms with Crippen LogP contribution in [0.1, 0.15) is 49.3 Å². The SMILES string of the molecule is O=C(NC1CCC1)C1CCN(C(c2ccc(Cl)cc2)c2ccc(Cl)cc2)CC1. The summed E-state index contributed by atoms with van der Waals surface area (Å²) in [5.74, 6) is 0.381. The van der Waals surface area contributed by atoms with Gasteiger partial charge in [0.05, 0.1) is 6.04 Å². The van der Waals surface area contributed by atoms with Crippen LogP contribution in [0.5, 0.6) is 0 Å². The van der Waals surface area contributed by atoms with Crippen LogP contribution in [0.25, 0.3) is 0 Å². The Morgan fingerprint density at radius 2 is 1.36 bits per heavy atom. The Labute approximate surface area is 177 Å². The zero-order valence-corrected chi connectivity index (χ0v) is 17.4. The van der Waals surface area contributed by atoms with Gasteiger partial charge in [0.1, 0.15) is 0 Å². The van der Waals surface area contributed by atoms with Gasteiger partial charge in [-0.15, -0.1) is 0 Å². The molecule has 4 rings (SSSR count). The molecular formula is C23H26Cl2N2O. The molecule has 0 atom stereocenters. The first-order valence-electron chi connectivity index (χ1n) is 10.2. The molecule has 1 N–H and O–H groups in total. The highest BCUT2D eigenvalue weighted by atomic mass is 35.5. The Balaban J connectivity index is 1.48. The summed E-state index contributed by atoms with van der Waals surface area (Å²) in [6.07, 6.45) is 5.32. The van der Waals surface area contributed by atoms with Gasteiger partial charge in [0.25, 0.3) is 0 Å². The number of nitrogens with zero attached hydrogens (tertiary/aromatic N) is 1. The van der Waals surface area contributed by atoms with Crippen molar-refractivity contribution >= 4 is 29.1 Å². The van der Waals surface area contributed by atoms with Gasteiger partial charge in [-0.1, -0.05) is 47.5 Å². The number of carbonyl (C=O) groups excluding carboxylic acids is 1. The van der Waals surface area contributed by atoms with Crippen LogP contribution in [0.2, 0.25) is 10.0 Å². The van der Waals surface area contributed by atoms with Crippen LogP contribution in [-0.2, 0) is 4.79 Å². The highest BCUT2D eigenvalue weighted by Gasteiger charge is 2.31. The van der Waals surface area contributed by atoms with Crippen molar-refractivity contribution in [1.82, 2.24) is 10.2 Å². The van der Waals surface area contributed by atoms with Crippen molar-refractivity contribution in [2.45, 2.75) is 44.2 Å². The number of nitrogens with one attached hydrogen (secondary N) is 1. The lowest BCUT2D eigenvalue weighted by atomic mass is 9.89. The van der Waals surface area contributed by atoms with E-state index in [-0.39, 0.29) is 17.9 Å². The first-order chi connectivity index (χ1) is 13.6. The quantitative estimate of drug-likeness (QED) is 0.700. The Morgan fingerprint density at radius 1 is 0.857 bits per heavy atom. The van der Waals surface area contributed by atoms with Crippen molar-refractivity contribution in [2.75, 3.05) is 13.1 Å². The second-order valence-corrected chi connectivity index (χ2v) is 8.83. The second-order valence-electron chi connectivity index (χ2n) is 7.95. The van der Waals surface area contributed by atoms with Crippen molar-refractivity contribution in [3.05, 3.63) is 69.7 Å². The molecule has 2 aromatic rings. The number of likely N-dealkylation sites (tertiary alicyclic amines) is 1. The minimum atomic E-state index is 0.132. The normalized spacial score (nSPS) is 18.8. The Hall–Kier alpha value is -1.55. The molecule has 2 aromatic carbocycles. The van der Waals surface area contributed by atoms with Gasteiger partial charge in [-0.05, 0) is 80.6 Å². The molecule has 148 valence electrons. The summed E-state index contributed by atoms with van der Waals surface area (Å²) in [6, 6.07) is 16.7. The van der Waals surface area contributed by atoms with E-state index in [0.717, 1.165) is 48.8 Å². The molecule has 1 saturated carbocycles. The fraction of sp³-hybridized carbons (Fsp3) is 0.435. The molecule has 5 heteroatoms. The van der Waals surface area contributed by atoms with Gasteiger partial charge < -0.3 is 5.32 Å². The van der Waals surface area contributed by atoms with Gasteiger partial charge in [-0.2, -0.15) is 0 Å². The number of amides is 1. The Morgan fingerprint density at radius 3 is 1.79 bits per heavy atom. The van der Waals surface area contributed by atoms with Gasteiger partial charge in [0.2, 0.25) is 5.91 Å². The van der Waals surface area contributed by atoms with E-state index in [9.17, 15) is 4.79 Å². The summed E-state index contributed by atoms with van der Waals surface area (Å²) < 4.78 is 0. The lowest BCUT2D eigenvalue weighted by molar-refractivity contribution is -0.127. The molecule has 1 aliphatic carbocycles. The number of piperidine rings is 1. The summed E-state index contributed by atoms with van der Waals surface area (Å²) in [5.41, 5.74) is 2.42. The highest BCUT2D eigenvalue weighted by molar-refractivity contribution is 6.30. The van der Waals surface area contributed by atoms with Crippen molar-refractivity contribution < 1.29 is 4.79 Å². The van der Waals surface area contributed by atoms with E-state index in [1.165, 1.54) is 17.5 Å². The number of rotatable bonds is 5. The number of carbonyl (C=O) groups is 1. The molecule has 1 aliphatic heterocycles. The van der Waals surface area contributed by atoms with E-state index in [1.54, 1.807) is 0 Å². The van der Waals surface area contributed by atoms with Crippen molar-refractivity contribution in [1.29, 1.82) is 0 Å². The highest BCUT2D eigenvalue weighted by Crippen LogP contribution is 2.34. The predicted molar refractivity (Wildman–Crippen MR) is 115 cm³/mol. The third-order valence-electron chi connectivity index (χ3n) is 6.09. The first-order valence-corrected chi connectivity index (χ1v) is 10.9. The van der Waals surface area contributed by atoms with Crippen LogP contribution >= 0.6 is 23.2 Å². The van der Waals surface area contributed by atoms with Crippen LogP contribution in [-0.4, -0.2) is 29.9 Å².